The van der Waals surface area contributed by atoms with E-state index in [1.165, 1.54) is 12.3 Å². The highest BCUT2D eigenvalue weighted by molar-refractivity contribution is 6.00. The number of nitrogens with zero attached hydrogens (tertiary/aromatic N) is 4. The molecule has 3 aromatic rings. The lowest BCUT2D eigenvalue weighted by molar-refractivity contribution is 0.0698. The van der Waals surface area contributed by atoms with Gasteiger partial charge in [-0.15, -0.1) is 10.2 Å². The number of anilines is 1. The Balaban J connectivity index is 2.06. The molecular weight excluding hydrogens is 348 g/mol. The van der Waals surface area contributed by atoms with Gasteiger partial charge in [-0.25, -0.2) is 4.79 Å². The number of tetrazole rings is 1. The first-order valence-corrected chi connectivity index (χ1v) is 7.75. The highest BCUT2D eigenvalue weighted by Crippen LogP contribution is 2.33. The molecule has 0 fully saturated rings. The summed E-state index contributed by atoms with van der Waals surface area (Å²) < 4.78 is 5.15. The standard InChI is InChI=1S/C18H14N6O3/c1-27-13-7-5-11(6-8-13)16-14(18(25)26)3-2-4-15(16)20-10-12(9-19)17-21-23-24-22-17/h2-8,10,20H,1H3,(H,25,26)(H,21,22,23,24). The van der Waals surface area contributed by atoms with E-state index >= 15 is 0 Å². The molecular formula is C18H14N6O3. The van der Waals surface area contributed by atoms with Crippen LogP contribution in [0.5, 0.6) is 5.75 Å². The van der Waals surface area contributed by atoms with Crippen LogP contribution < -0.4 is 10.1 Å². The van der Waals surface area contributed by atoms with Crippen LogP contribution in [-0.2, 0) is 0 Å². The summed E-state index contributed by atoms with van der Waals surface area (Å²) >= 11 is 0. The minimum atomic E-state index is -1.06. The van der Waals surface area contributed by atoms with Crippen LogP contribution in [-0.4, -0.2) is 38.8 Å². The fraction of sp³-hybridized carbons (Fsp3) is 0.0556. The lowest BCUT2D eigenvalue weighted by Gasteiger charge is -2.13. The second kappa shape index (κ2) is 7.79. The van der Waals surface area contributed by atoms with Crippen LogP contribution in [0.1, 0.15) is 16.2 Å². The van der Waals surface area contributed by atoms with Gasteiger partial charge in [0.25, 0.3) is 0 Å². The van der Waals surface area contributed by atoms with Crippen molar-refractivity contribution in [2.75, 3.05) is 12.4 Å². The molecule has 2 aromatic carbocycles. The van der Waals surface area contributed by atoms with Crippen LogP contribution in [0.15, 0.2) is 48.7 Å². The van der Waals surface area contributed by atoms with Gasteiger partial charge in [-0.05, 0) is 35.0 Å². The van der Waals surface area contributed by atoms with E-state index in [2.05, 4.69) is 25.9 Å². The van der Waals surface area contributed by atoms with Gasteiger partial charge in [0.05, 0.1) is 12.7 Å². The van der Waals surface area contributed by atoms with Gasteiger partial charge in [0.15, 0.2) is 0 Å². The molecule has 0 bridgehead atoms. The lowest BCUT2D eigenvalue weighted by atomic mass is 9.97. The number of hydrogen-bond donors (Lipinski definition) is 3. The largest absolute Gasteiger partial charge is 0.497 e. The number of allylic oxidation sites excluding steroid dienone is 1. The Bertz CT molecular complexity index is 1020. The van der Waals surface area contributed by atoms with E-state index < -0.39 is 5.97 Å². The van der Waals surface area contributed by atoms with Crippen molar-refractivity contribution < 1.29 is 14.6 Å². The van der Waals surface area contributed by atoms with E-state index in [-0.39, 0.29) is 17.0 Å². The van der Waals surface area contributed by atoms with Crippen molar-refractivity contribution in [2.24, 2.45) is 0 Å². The van der Waals surface area contributed by atoms with Crippen LogP contribution in [0.2, 0.25) is 0 Å². The predicted octanol–water partition coefficient (Wildman–Crippen LogP) is 2.55. The number of nitriles is 1. The zero-order chi connectivity index (χ0) is 19.2. The highest BCUT2D eigenvalue weighted by Gasteiger charge is 2.16. The third kappa shape index (κ3) is 3.74. The molecule has 9 heteroatoms. The molecule has 1 aromatic heterocycles. The second-order valence-corrected chi connectivity index (χ2v) is 5.31. The molecule has 9 nitrogen and oxygen atoms in total. The van der Waals surface area contributed by atoms with Crippen LogP contribution in [0.3, 0.4) is 0 Å². The third-order valence-electron chi connectivity index (χ3n) is 3.75. The van der Waals surface area contributed by atoms with E-state index in [9.17, 15) is 15.2 Å². The topological polar surface area (TPSA) is 137 Å². The summed E-state index contributed by atoms with van der Waals surface area (Å²) in [6, 6.07) is 13.8. The van der Waals surface area contributed by atoms with Gasteiger partial charge in [-0.1, -0.05) is 18.2 Å². The number of hydrogen-bond acceptors (Lipinski definition) is 7. The van der Waals surface area contributed by atoms with Gasteiger partial charge < -0.3 is 15.2 Å². The van der Waals surface area contributed by atoms with Crippen LogP contribution in [0, 0.1) is 11.3 Å². The van der Waals surface area contributed by atoms with Crippen molar-refractivity contribution in [1.29, 1.82) is 5.26 Å². The fourth-order valence-electron chi connectivity index (χ4n) is 2.49. The van der Waals surface area contributed by atoms with Crippen molar-refractivity contribution in [3.05, 3.63) is 60.1 Å². The Morgan fingerprint density at radius 2 is 2.07 bits per heavy atom. The average molecular weight is 362 g/mol. The summed E-state index contributed by atoms with van der Waals surface area (Å²) in [7, 11) is 1.55. The molecule has 27 heavy (non-hydrogen) atoms. The number of benzene rings is 2. The lowest BCUT2D eigenvalue weighted by Crippen LogP contribution is -2.03. The molecule has 0 atom stereocenters. The number of aromatic amines is 1. The summed E-state index contributed by atoms with van der Waals surface area (Å²) in [6.07, 6.45) is 1.40. The minimum Gasteiger partial charge on any atom is -0.497 e. The van der Waals surface area contributed by atoms with Gasteiger partial charge in [-0.2, -0.15) is 10.5 Å². The van der Waals surface area contributed by atoms with Crippen molar-refractivity contribution in [3.8, 4) is 22.9 Å². The van der Waals surface area contributed by atoms with Crippen LogP contribution >= 0.6 is 0 Å². The van der Waals surface area contributed by atoms with Crippen molar-refractivity contribution in [3.63, 3.8) is 0 Å². The Morgan fingerprint density at radius 1 is 1.30 bits per heavy atom. The number of methoxy groups -OCH3 is 1. The van der Waals surface area contributed by atoms with Crippen molar-refractivity contribution in [1.82, 2.24) is 20.6 Å². The number of aromatic carboxylic acids is 1. The molecule has 0 spiro atoms. The molecule has 0 aliphatic rings. The van der Waals surface area contributed by atoms with Crippen LogP contribution in [0.4, 0.5) is 5.69 Å². The van der Waals surface area contributed by atoms with Crippen LogP contribution in [0.25, 0.3) is 16.7 Å². The summed E-state index contributed by atoms with van der Waals surface area (Å²) in [4.78, 5) is 11.7. The molecule has 0 amide bonds. The zero-order valence-corrected chi connectivity index (χ0v) is 14.2. The summed E-state index contributed by atoms with van der Waals surface area (Å²) in [5.74, 6) is -0.276. The molecule has 134 valence electrons. The first-order valence-electron chi connectivity index (χ1n) is 7.75. The minimum absolute atomic E-state index is 0.122. The third-order valence-corrected chi connectivity index (χ3v) is 3.75. The van der Waals surface area contributed by atoms with Crippen molar-refractivity contribution in [2.45, 2.75) is 0 Å². The molecule has 1 heterocycles. The normalized spacial score (nSPS) is 10.9. The number of carboxylic acid groups (broad SMARTS) is 1. The van der Waals surface area contributed by atoms with E-state index in [4.69, 9.17) is 4.74 Å². The smallest absolute Gasteiger partial charge is 0.336 e. The predicted molar refractivity (Wildman–Crippen MR) is 96.8 cm³/mol. The molecule has 0 aliphatic carbocycles. The Kier molecular flexibility index (Phi) is 5.09. The molecule has 3 N–H and O–H groups in total. The van der Waals surface area contributed by atoms with Gasteiger partial charge in [-0.3, -0.25) is 0 Å². The Labute approximate surface area is 153 Å². The quantitative estimate of drug-likeness (QED) is 0.569. The molecule has 0 radical (unpaired) electrons. The number of rotatable bonds is 6. The number of ether oxygens (including phenoxy) is 1. The second-order valence-electron chi connectivity index (χ2n) is 5.31. The molecule has 0 unspecified atom stereocenters. The first kappa shape index (κ1) is 17.6. The maximum atomic E-state index is 11.7. The molecule has 0 saturated heterocycles. The van der Waals surface area contributed by atoms with E-state index in [1.54, 1.807) is 43.5 Å². The summed E-state index contributed by atoms with van der Waals surface area (Å²) in [6.45, 7) is 0. The van der Waals surface area contributed by atoms with Gasteiger partial charge in [0.2, 0.25) is 5.82 Å². The Hall–Kier alpha value is -4.19. The highest BCUT2D eigenvalue weighted by atomic mass is 16.5. The van der Waals surface area contributed by atoms with Gasteiger partial charge in [0.1, 0.15) is 17.4 Å². The number of carboxylic acids is 1. The SMILES string of the molecule is COc1ccc(-c2c(NC=C(C#N)c3nn[nH]n3)cccc2C(=O)O)cc1. The first-order chi connectivity index (χ1) is 13.1. The average Bonchev–Trinajstić information content (AvgIpc) is 3.23. The van der Waals surface area contributed by atoms with E-state index in [1.807, 2.05) is 6.07 Å². The monoisotopic (exact) mass is 362 g/mol. The Morgan fingerprint density at radius 3 is 2.67 bits per heavy atom. The summed E-state index contributed by atoms with van der Waals surface area (Å²) in [5.41, 5.74) is 1.94. The number of carbonyl (C=O) groups is 1. The van der Waals surface area contributed by atoms with E-state index in [0.717, 1.165) is 0 Å². The van der Waals surface area contributed by atoms with E-state index in [0.29, 0.717) is 22.6 Å². The number of H-pyrrole nitrogens is 1. The maximum Gasteiger partial charge on any atom is 0.336 e. The van der Waals surface area contributed by atoms with Gasteiger partial charge in [0, 0.05) is 17.5 Å². The molecule has 3 rings (SSSR count). The fourth-order valence-corrected chi connectivity index (χ4v) is 2.49. The molecule has 0 saturated carbocycles. The number of nitrogens with one attached hydrogen (secondary N) is 2. The summed E-state index contributed by atoms with van der Waals surface area (Å²) in [5, 5.41) is 35.0. The zero-order valence-electron chi connectivity index (χ0n) is 14.2. The van der Waals surface area contributed by atoms with Gasteiger partial charge >= 0.3 is 5.97 Å². The maximum absolute atomic E-state index is 11.7. The number of aromatic nitrogens is 4. The molecule has 0 aliphatic heterocycles. The van der Waals surface area contributed by atoms with Crippen molar-refractivity contribution >= 4 is 17.2 Å².